The molecule has 0 aliphatic heterocycles. The Morgan fingerprint density at radius 1 is 1.62 bits per heavy atom. The van der Waals surface area contributed by atoms with E-state index in [1.165, 1.54) is 0 Å². The summed E-state index contributed by atoms with van der Waals surface area (Å²) in [5, 5.41) is 0. The summed E-state index contributed by atoms with van der Waals surface area (Å²) in [5.74, 6) is 0. The first kappa shape index (κ1) is 7.27. The molecular weight excluding hydrogens is 101 g/mol. The molecule has 44 valence electrons. The molecule has 0 aliphatic carbocycles. The van der Waals surface area contributed by atoms with Crippen molar-refractivity contribution in [3.63, 3.8) is 0 Å². The van der Waals surface area contributed by atoms with Gasteiger partial charge in [-0.25, -0.2) is 0 Å². The van der Waals surface area contributed by atoms with Crippen LogP contribution in [0.2, 0.25) is 0 Å². The number of hydrogen-bond donors (Lipinski definition) is 0. The predicted molar refractivity (Wildman–Crippen MR) is 36.4 cm³/mol. The van der Waals surface area contributed by atoms with Gasteiger partial charge in [-0.2, -0.15) is 0 Å². The highest BCUT2D eigenvalue weighted by Crippen LogP contribution is 1.81. The lowest BCUT2D eigenvalue weighted by atomic mass is 9.99. The van der Waals surface area contributed by atoms with Crippen LogP contribution in [0.15, 0.2) is 11.7 Å². The lowest BCUT2D eigenvalue weighted by Gasteiger charge is -2.03. The SMILES string of the molecule is B/C(C=O)=C\N(C)C. The predicted octanol–water partition coefficient (Wildman–Crippen LogP) is -0.779. The van der Waals surface area contributed by atoms with Crippen LogP contribution < -0.4 is 0 Å². The van der Waals surface area contributed by atoms with Gasteiger partial charge in [0.05, 0.1) is 0 Å². The van der Waals surface area contributed by atoms with E-state index in [4.69, 9.17) is 0 Å². The minimum absolute atomic E-state index is 0.745. The smallest absolute Gasteiger partial charge is 0.145 e. The molecule has 0 aromatic heterocycles. The third kappa shape index (κ3) is 3.46. The Morgan fingerprint density at radius 2 is 2.12 bits per heavy atom. The van der Waals surface area contributed by atoms with E-state index >= 15 is 0 Å². The van der Waals surface area contributed by atoms with Gasteiger partial charge >= 0.3 is 0 Å². The van der Waals surface area contributed by atoms with E-state index in [9.17, 15) is 4.79 Å². The van der Waals surface area contributed by atoms with Gasteiger partial charge in [-0.05, 0) is 11.7 Å². The van der Waals surface area contributed by atoms with Gasteiger partial charge in [0.1, 0.15) is 14.1 Å². The third-order valence-electron chi connectivity index (χ3n) is 0.648. The van der Waals surface area contributed by atoms with Crippen molar-refractivity contribution in [2.75, 3.05) is 14.1 Å². The van der Waals surface area contributed by atoms with Crippen LogP contribution >= 0.6 is 0 Å². The van der Waals surface area contributed by atoms with Crippen LogP contribution in [0.4, 0.5) is 0 Å². The monoisotopic (exact) mass is 111 g/mol. The third-order valence-corrected chi connectivity index (χ3v) is 0.648. The second-order valence-electron chi connectivity index (χ2n) is 1.95. The average Bonchev–Trinajstić information content (AvgIpc) is 1.65. The molecular formula is C5H10BNO. The molecule has 0 saturated carbocycles. The van der Waals surface area contributed by atoms with Gasteiger partial charge in [0.15, 0.2) is 0 Å². The van der Waals surface area contributed by atoms with Crippen LogP contribution in [0.5, 0.6) is 0 Å². The first-order valence-corrected chi connectivity index (χ1v) is 2.47. The number of carbonyl (C=O) groups is 1. The summed E-state index contributed by atoms with van der Waals surface area (Å²) >= 11 is 0. The molecule has 0 spiro atoms. The molecule has 8 heavy (non-hydrogen) atoms. The largest absolute Gasteiger partial charge is 0.384 e. The van der Waals surface area contributed by atoms with Crippen molar-refractivity contribution in [2.45, 2.75) is 0 Å². The quantitative estimate of drug-likeness (QED) is 0.264. The molecule has 3 heteroatoms. The molecule has 0 rings (SSSR count). The molecule has 0 unspecified atom stereocenters. The van der Waals surface area contributed by atoms with Crippen molar-refractivity contribution in [2.24, 2.45) is 0 Å². The standard InChI is InChI=1S/C5H10BNO/c1-7(2)3-5(6)4-8/h3-4H,6H2,1-2H3/b5-3-. The van der Waals surface area contributed by atoms with Crippen molar-refractivity contribution < 1.29 is 4.79 Å². The Bertz CT molecular complexity index is 109. The lowest BCUT2D eigenvalue weighted by Crippen LogP contribution is -2.03. The maximum absolute atomic E-state index is 9.95. The fraction of sp³-hybridized carbons (Fsp3) is 0.400. The number of rotatable bonds is 2. The van der Waals surface area contributed by atoms with E-state index in [0.29, 0.717) is 0 Å². The average molecular weight is 111 g/mol. The minimum Gasteiger partial charge on any atom is -0.384 e. The molecule has 2 nitrogen and oxygen atoms in total. The number of aldehydes is 1. The van der Waals surface area contributed by atoms with E-state index in [2.05, 4.69) is 0 Å². The summed E-state index contributed by atoms with van der Waals surface area (Å²) in [4.78, 5) is 11.8. The topological polar surface area (TPSA) is 20.3 Å². The van der Waals surface area contributed by atoms with E-state index in [-0.39, 0.29) is 0 Å². The molecule has 0 radical (unpaired) electrons. The Balaban J connectivity index is 3.74. The van der Waals surface area contributed by atoms with Gasteiger partial charge in [-0.15, -0.1) is 0 Å². The van der Waals surface area contributed by atoms with E-state index < -0.39 is 0 Å². The van der Waals surface area contributed by atoms with Gasteiger partial charge in [0.2, 0.25) is 0 Å². The number of hydrogen-bond acceptors (Lipinski definition) is 2. The Morgan fingerprint density at radius 3 is 2.25 bits per heavy atom. The second kappa shape index (κ2) is 3.30. The van der Waals surface area contributed by atoms with Gasteiger partial charge in [0.25, 0.3) is 0 Å². The zero-order valence-electron chi connectivity index (χ0n) is 5.51. The summed E-state index contributed by atoms with van der Waals surface area (Å²) in [5.41, 5.74) is 0.745. The molecule has 0 fully saturated rings. The fourth-order valence-corrected chi connectivity index (χ4v) is 0.438. The molecule has 0 amide bonds. The molecule has 0 heterocycles. The number of nitrogens with zero attached hydrogens (tertiary/aromatic N) is 1. The van der Waals surface area contributed by atoms with Gasteiger partial charge in [-0.3, -0.25) is 4.79 Å². The Labute approximate surface area is 50.6 Å². The normalized spacial score (nSPS) is 11.0. The van der Waals surface area contributed by atoms with Gasteiger partial charge in [0, 0.05) is 14.1 Å². The van der Waals surface area contributed by atoms with Crippen molar-refractivity contribution in [3.05, 3.63) is 11.7 Å². The van der Waals surface area contributed by atoms with Crippen molar-refractivity contribution in [1.29, 1.82) is 0 Å². The van der Waals surface area contributed by atoms with Crippen LogP contribution in [-0.2, 0) is 4.79 Å². The van der Waals surface area contributed by atoms with Gasteiger partial charge in [-0.1, -0.05) is 0 Å². The van der Waals surface area contributed by atoms with Crippen LogP contribution in [0.3, 0.4) is 0 Å². The van der Waals surface area contributed by atoms with E-state index in [0.717, 1.165) is 11.8 Å². The van der Waals surface area contributed by atoms with Crippen LogP contribution in [-0.4, -0.2) is 33.1 Å². The lowest BCUT2D eigenvalue weighted by molar-refractivity contribution is -0.104. The second-order valence-corrected chi connectivity index (χ2v) is 1.95. The molecule has 0 atom stereocenters. The number of carbonyl (C=O) groups excluding carboxylic acids is 1. The van der Waals surface area contributed by atoms with Crippen molar-refractivity contribution in [3.8, 4) is 0 Å². The highest BCUT2D eigenvalue weighted by molar-refractivity contribution is 6.31. The summed E-state index contributed by atoms with van der Waals surface area (Å²) in [7, 11) is 5.53. The van der Waals surface area contributed by atoms with Crippen molar-refractivity contribution >= 4 is 14.1 Å². The van der Waals surface area contributed by atoms with E-state index in [1.807, 2.05) is 19.0 Å². The first-order valence-electron chi connectivity index (χ1n) is 2.47. The number of allylic oxidation sites excluding steroid dienone is 1. The molecule has 0 aliphatic rings. The minimum atomic E-state index is 0.745. The summed E-state index contributed by atoms with van der Waals surface area (Å²) in [6.07, 6.45) is 2.60. The molecule has 0 bridgehead atoms. The summed E-state index contributed by atoms with van der Waals surface area (Å²) in [6, 6.07) is 0. The molecule has 0 N–H and O–H groups in total. The maximum Gasteiger partial charge on any atom is 0.145 e. The van der Waals surface area contributed by atoms with Crippen LogP contribution in [0, 0.1) is 0 Å². The van der Waals surface area contributed by atoms with Crippen LogP contribution in [0.1, 0.15) is 0 Å². The first-order chi connectivity index (χ1) is 3.66. The highest BCUT2D eigenvalue weighted by Gasteiger charge is 1.82. The zero-order chi connectivity index (χ0) is 6.57. The maximum atomic E-state index is 9.95. The zero-order valence-corrected chi connectivity index (χ0v) is 5.51. The molecule has 0 aromatic carbocycles. The summed E-state index contributed by atoms with van der Waals surface area (Å²) in [6.45, 7) is 0. The molecule has 0 saturated heterocycles. The van der Waals surface area contributed by atoms with E-state index in [1.54, 1.807) is 14.0 Å². The fourth-order valence-electron chi connectivity index (χ4n) is 0.438. The Hall–Kier alpha value is -0.725. The van der Waals surface area contributed by atoms with Gasteiger partial charge < -0.3 is 4.90 Å². The highest BCUT2D eigenvalue weighted by atomic mass is 16.1. The summed E-state index contributed by atoms with van der Waals surface area (Å²) < 4.78 is 0. The molecule has 0 aromatic rings. The Kier molecular flexibility index (Phi) is 3.00. The van der Waals surface area contributed by atoms with Crippen molar-refractivity contribution in [1.82, 2.24) is 4.90 Å². The van der Waals surface area contributed by atoms with Crippen LogP contribution in [0.25, 0.3) is 0 Å².